The van der Waals surface area contributed by atoms with E-state index >= 15 is 0 Å². The lowest BCUT2D eigenvalue weighted by Crippen LogP contribution is -2.44. The molecule has 0 saturated carbocycles. The topological polar surface area (TPSA) is 102 Å². The van der Waals surface area contributed by atoms with Crippen molar-refractivity contribution >= 4 is 11.9 Å². The Morgan fingerprint density at radius 3 is 2.13 bits per heavy atom. The van der Waals surface area contributed by atoms with Gasteiger partial charge in [0.1, 0.15) is 0 Å². The van der Waals surface area contributed by atoms with Crippen molar-refractivity contribution in [2.45, 2.75) is 77.2 Å². The number of carbonyl (C=O) groups is 2. The number of hydrogen-bond acceptors (Lipinski definition) is 4. The summed E-state index contributed by atoms with van der Waals surface area (Å²) in [5.41, 5.74) is 5.27. The molecule has 6 heteroatoms. The minimum atomic E-state index is -1.08. The number of carboxylic acid groups (broad SMARTS) is 1. The Morgan fingerprint density at radius 2 is 1.61 bits per heavy atom. The molecule has 23 heavy (non-hydrogen) atoms. The van der Waals surface area contributed by atoms with Gasteiger partial charge < -0.3 is 20.9 Å². The third-order valence-corrected chi connectivity index (χ3v) is 3.69. The highest BCUT2D eigenvalue weighted by molar-refractivity contribution is 5.83. The number of ether oxygens (including phenoxy) is 1. The van der Waals surface area contributed by atoms with Crippen LogP contribution in [0.3, 0.4) is 0 Å². The monoisotopic (exact) mass is 330 g/mol. The van der Waals surface area contributed by atoms with Crippen LogP contribution in [-0.4, -0.2) is 42.8 Å². The van der Waals surface area contributed by atoms with E-state index < -0.39 is 12.0 Å². The summed E-state index contributed by atoms with van der Waals surface area (Å²) in [4.78, 5) is 22.8. The number of unbranched alkanes of at least 4 members (excludes halogenated alkanes) is 8. The minimum absolute atomic E-state index is 0.0456. The summed E-state index contributed by atoms with van der Waals surface area (Å²) < 4.78 is 5.08. The van der Waals surface area contributed by atoms with Gasteiger partial charge in [-0.2, -0.15) is 0 Å². The summed E-state index contributed by atoms with van der Waals surface area (Å²) in [6, 6.07) is -0.993. The Labute approximate surface area is 140 Å². The van der Waals surface area contributed by atoms with Crippen molar-refractivity contribution in [2.24, 2.45) is 5.73 Å². The van der Waals surface area contributed by atoms with Crippen molar-refractivity contribution in [1.82, 2.24) is 5.32 Å². The Morgan fingerprint density at radius 1 is 1.04 bits per heavy atom. The maximum absolute atomic E-state index is 11.7. The fourth-order valence-electron chi connectivity index (χ4n) is 2.32. The van der Waals surface area contributed by atoms with Crippen LogP contribution >= 0.6 is 0 Å². The van der Waals surface area contributed by atoms with Crippen LogP contribution in [0.2, 0.25) is 0 Å². The number of hydrogen-bond donors (Lipinski definition) is 3. The zero-order valence-corrected chi connectivity index (χ0v) is 14.5. The second-order valence-electron chi connectivity index (χ2n) is 5.90. The van der Waals surface area contributed by atoms with Crippen LogP contribution in [0.4, 0.5) is 0 Å². The molecular weight excluding hydrogens is 296 g/mol. The Kier molecular flexibility index (Phi) is 15.0. The number of aliphatic carboxylic acids is 1. The summed E-state index contributed by atoms with van der Waals surface area (Å²) in [5, 5.41) is 11.5. The number of nitrogens with one attached hydrogen (secondary N) is 1. The van der Waals surface area contributed by atoms with E-state index in [0.29, 0.717) is 13.0 Å². The quantitative estimate of drug-likeness (QED) is 0.377. The van der Waals surface area contributed by atoms with Crippen LogP contribution in [0.1, 0.15) is 71.1 Å². The zero-order chi connectivity index (χ0) is 17.3. The highest BCUT2D eigenvalue weighted by Gasteiger charge is 2.19. The summed E-state index contributed by atoms with van der Waals surface area (Å²) in [6.07, 6.45) is 11.0. The molecule has 0 aromatic rings. The highest BCUT2D eigenvalue weighted by Crippen LogP contribution is 2.10. The normalized spacial score (nSPS) is 12.1. The predicted octanol–water partition coefficient (Wildman–Crippen LogP) is 2.45. The van der Waals surface area contributed by atoms with Gasteiger partial charge in [-0.3, -0.25) is 4.79 Å². The number of carboxylic acids is 1. The van der Waals surface area contributed by atoms with Gasteiger partial charge in [0, 0.05) is 13.0 Å². The molecule has 0 aliphatic carbocycles. The molecule has 1 amide bonds. The molecule has 0 bridgehead atoms. The zero-order valence-electron chi connectivity index (χ0n) is 14.5. The average molecular weight is 330 g/mol. The molecule has 136 valence electrons. The van der Waals surface area contributed by atoms with Gasteiger partial charge in [-0.15, -0.1) is 0 Å². The van der Waals surface area contributed by atoms with E-state index in [1.165, 1.54) is 38.5 Å². The van der Waals surface area contributed by atoms with Gasteiger partial charge in [-0.25, -0.2) is 4.79 Å². The van der Waals surface area contributed by atoms with Crippen molar-refractivity contribution in [2.75, 3.05) is 19.8 Å². The Balaban J connectivity index is 3.61. The van der Waals surface area contributed by atoms with E-state index in [-0.39, 0.29) is 19.1 Å². The maximum atomic E-state index is 11.7. The lowest BCUT2D eigenvalue weighted by Gasteiger charge is -2.14. The van der Waals surface area contributed by atoms with E-state index in [0.717, 1.165) is 19.3 Å². The van der Waals surface area contributed by atoms with Crippen molar-refractivity contribution < 1.29 is 19.4 Å². The summed E-state index contributed by atoms with van der Waals surface area (Å²) in [7, 11) is 0. The van der Waals surface area contributed by atoms with E-state index in [9.17, 15) is 9.59 Å². The fourth-order valence-corrected chi connectivity index (χ4v) is 2.32. The molecular formula is C17H34N2O4. The van der Waals surface area contributed by atoms with E-state index in [1.807, 2.05) is 0 Å². The molecule has 0 aromatic carbocycles. The number of rotatable bonds is 16. The second-order valence-corrected chi connectivity index (χ2v) is 5.90. The van der Waals surface area contributed by atoms with E-state index in [2.05, 4.69) is 12.2 Å². The van der Waals surface area contributed by atoms with Crippen molar-refractivity contribution in [3.63, 3.8) is 0 Å². The van der Waals surface area contributed by atoms with Crippen LogP contribution in [0.15, 0.2) is 0 Å². The van der Waals surface area contributed by atoms with Gasteiger partial charge in [0.05, 0.1) is 13.2 Å². The molecule has 0 aromatic heterocycles. The first-order chi connectivity index (χ1) is 11.1. The van der Waals surface area contributed by atoms with Crippen LogP contribution in [0.25, 0.3) is 0 Å². The highest BCUT2D eigenvalue weighted by atomic mass is 16.5. The smallest absolute Gasteiger partial charge is 0.328 e. The minimum Gasteiger partial charge on any atom is -0.480 e. The molecule has 0 rings (SSSR count). The Bertz CT molecular complexity index is 311. The number of amides is 1. The van der Waals surface area contributed by atoms with Gasteiger partial charge in [0.25, 0.3) is 0 Å². The first-order valence-electron chi connectivity index (χ1n) is 8.91. The third kappa shape index (κ3) is 14.2. The third-order valence-electron chi connectivity index (χ3n) is 3.69. The SMILES string of the molecule is CCCCCCCCCCCC(=O)N[C@@H](COCCN)C(=O)O. The molecule has 0 heterocycles. The van der Waals surface area contributed by atoms with Gasteiger partial charge in [-0.1, -0.05) is 58.3 Å². The van der Waals surface area contributed by atoms with Gasteiger partial charge in [-0.05, 0) is 6.42 Å². The molecule has 0 saturated heterocycles. The van der Waals surface area contributed by atoms with E-state index in [1.54, 1.807) is 0 Å². The van der Waals surface area contributed by atoms with Crippen LogP contribution in [-0.2, 0) is 14.3 Å². The molecule has 6 nitrogen and oxygen atoms in total. The van der Waals surface area contributed by atoms with Crippen molar-refractivity contribution in [3.05, 3.63) is 0 Å². The molecule has 0 radical (unpaired) electrons. The first-order valence-corrected chi connectivity index (χ1v) is 8.91. The molecule has 0 aliphatic rings. The molecule has 4 N–H and O–H groups in total. The lowest BCUT2D eigenvalue weighted by molar-refractivity contribution is -0.143. The van der Waals surface area contributed by atoms with E-state index in [4.69, 9.17) is 15.6 Å². The molecule has 0 fully saturated rings. The van der Waals surface area contributed by atoms with Crippen LogP contribution in [0.5, 0.6) is 0 Å². The summed E-state index contributed by atoms with van der Waals surface area (Å²) in [6.45, 7) is 2.79. The van der Waals surface area contributed by atoms with Crippen LogP contribution < -0.4 is 11.1 Å². The number of carbonyl (C=O) groups excluding carboxylic acids is 1. The fraction of sp³-hybridized carbons (Fsp3) is 0.882. The average Bonchev–Trinajstić information content (AvgIpc) is 2.52. The largest absolute Gasteiger partial charge is 0.480 e. The molecule has 1 atom stereocenters. The van der Waals surface area contributed by atoms with Crippen LogP contribution in [0, 0.1) is 0 Å². The first kappa shape index (κ1) is 21.9. The predicted molar refractivity (Wildman–Crippen MR) is 91.3 cm³/mol. The van der Waals surface area contributed by atoms with Crippen molar-refractivity contribution in [3.8, 4) is 0 Å². The molecule has 0 spiro atoms. The summed E-state index contributed by atoms with van der Waals surface area (Å²) in [5.74, 6) is -1.31. The lowest BCUT2D eigenvalue weighted by atomic mass is 10.1. The Hall–Kier alpha value is -1.14. The van der Waals surface area contributed by atoms with Gasteiger partial charge >= 0.3 is 5.97 Å². The summed E-state index contributed by atoms with van der Waals surface area (Å²) >= 11 is 0. The van der Waals surface area contributed by atoms with Gasteiger partial charge in [0.15, 0.2) is 6.04 Å². The second kappa shape index (κ2) is 15.7. The van der Waals surface area contributed by atoms with Gasteiger partial charge in [0.2, 0.25) is 5.91 Å². The number of nitrogens with two attached hydrogens (primary N) is 1. The molecule has 0 aliphatic heterocycles. The molecule has 0 unspecified atom stereocenters. The van der Waals surface area contributed by atoms with Crippen molar-refractivity contribution in [1.29, 1.82) is 0 Å². The standard InChI is InChI=1S/C17H34N2O4/c1-2-3-4-5-6-7-8-9-10-11-16(20)19-15(17(21)22)14-23-13-12-18/h15H,2-14,18H2,1H3,(H,19,20)(H,21,22)/t15-/m0/s1. The maximum Gasteiger partial charge on any atom is 0.328 e.